The molecule has 136 valence electrons. The summed E-state index contributed by atoms with van der Waals surface area (Å²) >= 11 is 0. The number of rotatable bonds is 8. The quantitative estimate of drug-likeness (QED) is 0.413. The van der Waals surface area contributed by atoms with Gasteiger partial charge in [-0.05, 0) is 31.5 Å². The number of amides is 1. The number of carbonyl (C=O) groups is 2. The molecular weight excluding hydrogens is 314 g/mol. The number of carbonyl (C=O) groups excluding carboxylic acids is 2. The number of alkyl carbamates (subject to hydrolysis) is 1. The second-order valence-electron chi connectivity index (χ2n) is 7.22. The Morgan fingerprint density at radius 1 is 1.22 bits per heavy atom. The van der Waals surface area contributed by atoms with E-state index >= 15 is 0 Å². The van der Waals surface area contributed by atoms with Crippen LogP contribution in [0.2, 0.25) is 18.1 Å². The fourth-order valence-electron chi connectivity index (χ4n) is 1.68. The molecule has 6 nitrogen and oxygen atoms in total. The Bertz CT molecular complexity index is 392. The van der Waals surface area contributed by atoms with E-state index in [-0.39, 0.29) is 5.04 Å². The summed E-state index contributed by atoms with van der Waals surface area (Å²) in [5, 5.41) is 2.57. The maximum atomic E-state index is 12.0. The number of hydrogen-bond donors (Lipinski definition) is 1. The van der Waals surface area contributed by atoms with E-state index in [1.807, 2.05) is 6.92 Å². The smallest absolute Gasteiger partial charge is 0.407 e. The second-order valence-corrected chi connectivity index (χ2v) is 12.0. The van der Waals surface area contributed by atoms with Gasteiger partial charge < -0.3 is 19.2 Å². The first-order valence-electron chi connectivity index (χ1n) is 8.15. The van der Waals surface area contributed by atoms with E-state index in [1.165, 1.54) is 7.11 Å². The maximum Gasteiger partial charge on any atom is 0.407 e. The zero-order chi connectivity index (χ0) is 18.3. The first-order chi connectivity index (χ1) is 10.5. The molecule has 0 radical (unpaired) electrons. The molecule has 0 heterocycles. The lowest BCUT2D eigenvalue weighted by Crippen LogP contribution is -2.54. The topological polar surface area (TPSA) is 73.9 Å². The SMILES string of the molecule is CCCCOC(=O)NC(C(=O)OC)C(C)O[Si](C)(C)C(C)(C)C. The van der Waals surface area contributed by atoms with Crippen molar-refractivity contribution >= 4 is 20.4 Å². The van der Waals surface area contributed by atoms with Gasteiger partial charge in [0.2, 0.25) is 0 Å². The van der Waals surface area contributed by atoms with Crippen LogP contribution < -0.4 is 5.32 Å². The Labute approximate surface area is 141 Å². The van der Waals surface area contributed by atoms with E-state index < -0.39 is 32.5 Å². The van der Waals surface area contributed by atoms with E-state index in [9.17, 15) is 9.59 Å². The minimum absolute atomic E-state index is 0.00354. The van der Waals surface area contributed by atoms with Crippen molar-refractivity contribution in [2.75, 3.05) is 13.7 Å². The molecular formula is C16H33NO5Si. The molecule has 0 saturated heterocycles. The standard InChI is InChI=1S/C16H33NO5Si/c1-9-10-11-21-15(19)17-13(14(18)20-6)12(2)22-23(7,8)16(3,4)5/h12-13H,9-11H2,1-8H3,(H,17,19). The molecule has 2 unspecified atom stereocenters. The predicted octanol–water partition coefficient (Wildman–Crippen LogP) is 3.46. The van der Waals surface area contributed by atoms with Crippen LogP contribution in [0.3, 0.4) is 0 Å². The molecule has 0 rings (SSSR count). The van der Waals surface area contributed by atoms with Crippen LogP contribution in [0, 0.1) is 0 Å². The van der Waals surface area contributed by atoms with Crippen molar-refractivity contribution in [3.63, 3.8) is 0 Å². The van der Waals surface area contributed by atoms with Crippen molar-refractivity contribution in [2.45, 2.75) is 77.7 Å². The van der Waals surface area contributed by atoms with E-state index in [0.29, 0.717) is 6.61 Å². The normalized spacial score (nSPS) is 14.8. The van der Waals surface area contributed by atoms with Crippen molar-refractivity contribution in [3.8, 4) is 0 Å². The largest absolute Gasteiger partial charge is 0.467 e. The molecule has 23 heavy (non-hydrogen) atoms. The summed E-state index contributed by atoms with van der Waals surface area (Å²) in [6, 6.07) is -0.886. The Kier molecular flexibility index (Phi) is 8.83. The third kappa shape index (κ3) is 7.35. The highest BCUT2D eigenvalue weighted by Crippen LogP contribution is 2.37. The first kappa shape index (κ1) is 21.9. The number of esters is 1. The lowest BCUT2D eigenvalue weighted by molar-refractivity contribution is -0.145. The van der Waals surface area contributed by atoms with Gasteiger partial charge in [-0.1, -0.05) is 34.1 Å². The van der Waals surface area contributed by atoms with Gasteiger partial charge in [0.25, 0.3) is 0 Å². The fourth-order valence-corrected chi connectivity index (χ4v) is 3.10. The van der Waals surface area contributed by atoms with E-state index in [0.717, 1.165) is 12.8 Å². The molecule has 0 aliphatic carbocycles. The van der Waals surface area contributed by atoms with Crippen molar-refractivity contribution < 1.29 is 23.5 Å². The number of ether oxygens (including phenoxy) is 2. The van der Waals surface area contributed by atoms with Crippen LogP contribution in [0.1, 0.15) is 47.5 Å². The molecule has 0 saturated carbocycles. The van der Waals surface area contributed by atoms with Crippen molar-refractivity contribution in [3.05, 3.63) is 0 Å². The summed E-state index contributed by atoms with van der Waals surface area (Å²) in [5.74, 6) is -0.538. The fraction of sp³-hybridized carbons (Fsp3) is 0.875. The Morgan fingerprint density at radius 3 is 2.22 bits per heavy atom. The van der Waals surface area contributed by atoms with Crippen LogP contribution in [0.5, 0.6) is 0 Å². The summed E-state index contributed by atoms with van der Waals surface area (Å²) in [5.41, 5.74) is 0. The summed E-state index contributed by atoms with van der Waals surface area (Å²) in [7, 11) is -0.781. The molecule has 0 aliphatic rings. The van der Waals surface area contributed by atoms with Crippen molar-refractivity contribution in [1.29, 1.82) is 0 Å². The van der Waals surface area contributed by atoms with Gasteiger partial charge >= 0.3 is 12.1 Å². The van der Waals surface area contributed by atoms with Crippen LogP contribution in [0.25, 0.3) is 0 Å². The molecule has 2 atom stereocenters. The molecule has 0 aromatic carbocycles. The zero-order valence-corrected chi connectivity index (χ0v) is 16.8. The van der Waals surface area contributed by atoms with Gasteiger partial charge in [0, 0.05) is 0 Å². The third-order valence-electron chi connectivity index (χ3n) is 4.22. The highest BCUT2D eigenvalue weighted by Gasteiger charge is 2.41. The van der Waals surface area contributed by atoms with Gasteiger partial charge in [-0.2, -0.15) is 0 Å². The average molecular weight is 348 g/mol. The van der Waals surface area contributed by atoms with Crippen molar-refractivity contribution in [2.24, 2.45) is 0 Å². The van der Waals surface area contributed by atoms with Crippen LogP contribution in [0.4, 0.5) is 4.79 Å². The molecule has 1 amide bonds. The second kappa shape index (κ2) is 9.27. The van der Waals surface area contributed by atoms with E-state index in [4.69, 9.17) is 13.9 Å². The van der Waals surface area contributed by atoms with Crippen LogP contribution >= 0.6 is 0 Å². The van der Waals surface area contributed by atoms with Crippen LogP contribution in [-0.2, 0) is 18.7 Å². The summed E-state index contributed by atoms with van der Waals surface area (Å²) in [4.78, 5) is 23.8. The van der Waals surface area contributed by atoms with Gasteiger partial charge in [0.15, 0.2) is 14.4 Å². The van der Waals surface area contributed by atoms with Crippen LogP contribution in [-0.4, -0.2) is 46.2 Å². The lowest BCUT2D eigenvalue weighted by Gasteiger charge is -2.39. The highest BCUT2D eigenvalue weighted by atomic mass is 28.4. The minimum atomic E-state index is -2.07. The maximum absolute atomic E-state index is 12.0. The Hall–Kier alpha value is -1.08. The molecule has 0 aromatic heterocycles. The summed E-state index contributed by atoms with van der Waals surface area (Å²) in [6.45, 7) is 14.6. The van der Waals surface area contributed by atoms with Gasteiger partial charge in [-0.25, -0.2) is 9.59 Å². The third-order valence-corrected chi connectivity index (χ3v) is 8.79. The van der Waals surface area contributed by atoms with Gasteiger partial charge in [-0.15, -0.1) is 0 Å². The predicted molar refractivity (Wildman–Crippen MR) is 92.9 cm³/mol. The Balaban J connectivity index is 4.90. The summed E-state index contributed by atoms with van der Waals surface area (Å²) in [6.07, 6.45) is 0.590. The van der Waals surface area contributed by atoms with E-state index in [2.05, 4.69) is 39.2 Å². The summed E-state index contributed by atoms with van der Waals surface area (Å²) < 4.78 is 16.0. The number of unbranched alkanes of at least 4 members (excludes halogenated alkanes) is 1. The van der Waals surface area contributed by atoms with E-state index in [1.54, 1.807) is 6.92 Å². The Morgan fingerprint density at radius 2 is 1.78 bits per heavy atom. The lowest BCUT2D eigenvalue weighted by atomic mass is 10.2. The minimum Gasteiger partial charge on any atom is -0.467 e. The highest BCUT2D eigenvalue weighted by molar-refractivity contribution is 6.74. The number of methoxy groups -OCH3 is 1. The number of hydrogen-bond acceptors (Lipinski definition) is 5. The molecule has 0 fully saturated rings. The average Bonchev–Trinajstić information content (AvgIpc) is 2.42. The number of nitrogens with one attached hydrogen (secondary N) is 1. The molecule has 0 bridgehead atoms. The van der Waals surface area contributed by atoms with Gasteiger partial charge in [-0.3, -0.25) is 0 Å². The van der Waals surface area contributed by atoms with Gasteiger partial charge in [0.1, 0.15) is 0 Å². The monoisotopic (exact) mass is 347 g/mol. The van der Waals surface area contributed by atoms with Gasteiger partial charge in [0.05, 0.1) is 19.8 Å². The molecule has 0 aromatic rings. The van der Waals surface area contributed by atoms with Crippen molar-refractivity contribution in [1.82, 2.24) is 5.32 Å². The van der Waals surface area contributed by atoms with Crippen LogP contribution in [0.15, 0.2) is 0 Å². The molecule has 0 aliphatic heterocycles. The molecule has 7 heteroatoms. The zero-order valence-electron chi connectivity index (χ0n) is 15.8. The molecule has 0 spiro atoms. The first-order valence-corrected chi connectivity index (χ1v) is 11.1. The molecule has 1 N–H and O–H groups in total.